The molecule has 3 amide bonds. The van der Waals surface area contributed by atoms with E-state index < -0.39 is 18.0 Å². The van der Waals surface area contributed by atoms with E-state index in [1.54, 1.807) is 31.4 Å². The van der Waals surface area contributed by atoms with E-state index in [1.807, 2.05) is 24.3 Å². The molecule has 2 aliphatic rings. The van der Waals surface area contributed by atoms with Crippen LogP contribution in [0.4, 0.5) is 4.79 Å². The molecule has 0 spiro atoms. The quantitative estimate of drug-likeness (QED) is 0.671. The maximum atomic E-state index is 12.8. The molecule has 2 aliphatic heterocycles. The van der Waals surface area contributed by atoms with Gasteiger partial charge in [0.2, 0.25) is 5.91 Å². The molecule has 1 atom stereocenters. The SMILES string of the molecule is COc1cccc(CNC(=O)CN2C(=O)N[C@@H](c3ccccc3Cl)C3=C2COC3=O)c1. The van der Waals surface area contributed by atoms with Crippen LogP contribution in [0.5, 0.6) is 5.75 Å². The highest BCUT2D eigenvalue weighted by Crippen LogP contribution is 2.37. The van der Waals surface area contributed by atoms with E-state index in [4.69, 9.17) is 21.1 Å². The number of hydrogen-bond acceptors (Lipinski definition) is 5. The summed E-state index contributed by atoms with van der Waals surface area (Å²) >= 11 is 6.27. The van der Waals surface area contributed by atoms with Crippen molar-refractivity contribution in [3.63, 3.8) is 0 Å². The molecule has 0 saturated heterocycles. The number of amides is 3. The Morgan fingerprint density at radius 1 is 1.26 bits per heavy atom. The summed E-state index contributed by atoms with van der Waals surface area (Å²) in [7, 11) is 1.57. The van der Waals surface area contributed by atoms with E-state index in [9.17, 15) is 14.4 Å². The first-order chi connectivity index (χ1) is 15.0. The van der Waals surface area contributed by atoms with Gasteiger partial charge < -0.3 is 20.1 Å². The summed E-state index contributed by atoms with van der Waals surface area (Å²) in [5.41, 5.74) is 2.10. The molecule has 2 aromatic rings. The number of carbonyl (C=O) groups excluding carboxylic acids is 3. The van der Waals surface area contributed by atoms with Crippen molar-refractivity contribution < 1.29 is 23.9 Å². The largest absolute Gasteiger partial charge is 0.497 e. The number of methoxy groups -OCH3 is 1. The van der Waals surface area contributed by atoms with Crippen LogP contribution in [0.1, 0.15) is 17.2 Å². The molecule has 2 N–H and O–H groups in total. The van der Waals surface area contributed by atoms with E-state index in [1.165, 1.54) is 4.90 Å². The Kier molecular flexibility index (Phi) is 5.81. The van der Waals surface area contributed by atoms with E-state index in [0.717, 1.165) is 5.56 Å². The Balaban J connectivity index is 1.51. The van der Waals surface area contributed by atoms with Crippen molar-refractivity contribution in [3.05, 3.63) is 76.0 Å². The molecule has 2 heterocycles. The number of cyclic esters (lactones) is 1. The van der Waals surface area contributed by atoms with Crippen molar-refractivity contribution in [1.29, 1.82) is 0 Å². The minimum Gasteiger partial charge on any atom is -0.497 e. The van der Waals surface area contributed by atoms with Crippen molar-refractivity contribution in [2.24, 2.45) is 0 Å². The number of esters is 1. The van der Waals surface area contributed by atoms with Gasteiger partial charge in [-0.05, 0) is 29.3 Å². The molecule has 31 heavy (non-hydrogen) atoms. The molecule has 0 aliphatic carbocycles. The first kappa shape index (κ1) is 20.7. The molecule has 0 radical (unpaired) electrons. The van der Waals surface area contributed by atoms with Crippen LogP contribution in [0, 0.1) is 0 Å². The summed E-state index contributed by atoms with van der Waals surface area (Å²) in [5, 5.41) is 5.96. The predicted molar refractivity (Wildman–Crippen MR) is 112 cm³/mol. The molecule has 0 bridgehead atoms. The summed E-state index contributed by atoms with van der Waals surface area (Å²) in [6.45, 7) is -0.0543. The van der Waals surface area contributed by atoms with Crippen LogP contribution in [0.15, 0.2) is 59.8 Å². The number of rotatable bonds is 6. The summed E-state index contributed by atoms with van der Waals surface area (Å²) in [6, 6.07) is 13.0. The van der Waals surface area contributed by atoms with Crippen LogP contribution in [0.2, 0.25) is 5.02 Å². The fraction of sp³-hybridized carbons (Fsp3) is 0.227. The Labute approximate surface area is 183 Å². The summed E-state index contributed by atoms with van der Waals surface area (Å²) < 4.78 is 10.3. The van der Waals surface area contributed by atoms with Crippen LogP contribution in [-0.2, 0) is 20.9 Å². The molecule has 0 unspecified atom stereocenters. The highest BCUT2D eigenvalue weighted by molar-refractivity contribution is 6.31. The highest BCUT2D eigenvalue weighted by Gasteiger charge is 2.43. The van der Waals surface area contributed by atoms with Crippen molar-refractivity contribution in [3.8, 4) is 5.75 Å². The van der Waals surface area contributed by atoms with Gasteiger partial charge in [0.25, 0.3) is 0 Å². The van der Waals surface area contributed by atoms with Crippen LogP contribution >= 0.6 is 11.6 Å². The molecule has 0 fully saturated rings. The molecule has 0 aromatic heterocycles. The Hall–Kier alpha value is -3.52. The zero-order valence-electron chi connectivity index (χ0n) is 16.7. The first-order valence-electron chi connectivity index (χ1n) is 9.60. The second kappa shape index (κ2) is 8.69. The lowest BCUT2D eigenvalue weighted by Gasteiger charge is -2.32. The second-order valence-electron chi connectivity index (χ2n) is 7.05. The van der Waals surface area contributed by atoms with Crippen molar-refractivity contribution >= 4 is 29.5 Å². The third-order valence-corrected chi connectivity index (χ3v) is 5.48. The molecule has 2 aromatic carbocycles. The summed E-state index contributed by atoms with van der Waals surface area (Å²) in [4.78, 5) is 39.0. The fourth-order valence-corrected chi connectivity index (χ4v) is 3.85. The van der Waals surface area contributed by atoms with Gasteiger partial charge in [0, 0.05) is 11.6 Å². The molecule has 160 valence electrons. The van der Waals surface area contributed by atoms with Crippen LogP contribution in [0.25, 0.3) is 0 Å². The number of urea groups is 1. The van der Waals surface area contributed by atoms with E-state index in [2.05, 4.69) is 10.6 Å². The number of nitrogens with zero attached hydrogens (tertiary/aromatic N) is 1. The van der Waals surface area contributed by atoms with Gasteiger partial charge in [-0.1, -0.05) is 41.9 Å². The minimum atomic E-state index is -0.734. The van der Waals surface area contributed by atoms with Crippen molar-refractivity contribution in [2.45, 2.75) is 12.6 Å². The monoisotopic (exact) mass is 441 g/mol. The van der Waals surface area contributed by atoms with E-state index in [-0.39, 0.29) is 31.2 Å². The van der Waals surface area contributed by atoms with Gasteiger partial charge in [0.15, 0.2) is 0 Å². The molecular formula is C22H20ClN3O5. The second-order valence-corrected chi connectivity index (χ2v) is 7.46. The highest BCUT2D eigenvalue weighted by atomic mass is 35.5. The summed E-state index contributed by atoms with van der Waals surface area (Å²) in [6.07, 6.45) is 0. The van der Waals surface area contributed by atoms with Gasteiger partial charge in [-0.25, -0.2) is 9.59 Å². The Bertz CT molecular complexity index is 1080. The number of carbonyl (C=O) groups is 3. The number of ether oxygens (including phenoxy) is 2. The number of nitrogens with one attached hydrogen (secondary N) is 2. The van der Waals surface area contributed by atoms with E-state index >= 15 is 0 Å². The van der Waals surface area contributed by atoms with Crippen molar-refractivity contribution in [1.82, 2.24) is 15.5 Å². The zero-order chi connectivity index (χ0) is 22.0. The standard InChI is InChI=1S/C22H20ClN3O5/c1-30-14-6-4-5-13(9-14)10-24-18(27)11-26-17-12-31-21(28)19(17)20(25-22(26)29)15-7-2-3-8-16(15)23/h2-9,20H,10-12H2,1H3,(H,24,27)(H,25,29)/t20-/m0/s1. The zero-order valence-corrected chi connectivity index (χ0v) is 17.4. The fourth-order valence-electron chi connectivity index (χ4n) is 3.60. The Morgan fingerprint density at radius 3 is 2.84 bits per heavy atom. The lowest BCUT2D eigenvalue weighted by atomic mass is 9.95. The maximum Gasteiger partial charge on any atom is 0.338 e. The molecule has 8 nitrogen and oxygen atoms in total. The van der Waals surface area contributed by atoms with Gasteiger partial charge in [-0.2, -0.15) is 0 Å². The van der Waals surface area contributed by atoms with Crippen molar-refractivity contribution in [2.75, 3.05) is 20.3 Å². The van der Waals surface area contributed by atoms with Crippen LogP contribution in [0.3, 0.4) is 0 Å². The van der Waals surface area contributed by atoms with E-state index in [0.29, 0.717) is 22.0 Å². The van der Waals surface area contributed by atoms with Gasteiger partial charge >= 0.3 is 12.0 Å². The third-order valence-electron chi connectivity index (χ3n) is 5.14. The maximum absolute atomic E-state index is 12.8. The lowest BCUT2D eigenvalue weighted by molar-refractivity contribution is -0.136. The van der Waals surface area contributed by atoms with Gasteiger partial charge in [-0.15, -0.1) is 0 Å². The van der Waals surface area contributed by atoms with Gasteiger partial charge in [0.1, 0.15) is 18.9 Å². The number of hydrogen-bond donors (Lipinski definition) is 2. The Morgan fingerprint density at radius 2 is 2.06 bits per heavy atom. The first-order valence-corrected chi connectivity index (χ1v) is 9.98. The van der Waals surface area contributed by atoms with Gasteiger partial charge in [-0.3, -0.25) is 9.69 Å². The van der Waals surface area contributed by atoms with Crippen LogP contribution < -0.4 is 15.4 Å². The van der Waals surface area contributed by atoms with Gasteiger partial charge in [0.05, 0.1) is 24.4 Å². The molecule has 0 saturated carbocycles. The smallest absolute Gasteiger partial charge is 0.338 e. The minimum absolute atomic E-state index is 0.0777. The topological polar surface area (TPSA) is 97.0 Å². The lowest BCUT2D eigenvalue weighted by Crippen LogP contribution is -2.50. The average molecular weight is 442 g/mol. The normalized spacial score (nSPS) is 17.7. The predicted octanol–water partition coefficient (Wildman–Crippen LogP) is 2.54. The molecule has 4 rings (SSSR count). The number of benzene rings is 2. The molecular weight excluding hydrogens is 422 g/mol. The third kappa shape index (κ3) is 4.20. The van der Waals surface area contributed by atoms with Crippen LogP contribution in [-0.4, -0.2) is 43.1 Å². The molecule has 9 heteroatoms. The summed E-state index contributed by atoms with van der Waals surface area (Å²) in [5.74, 6) is -0.230. The number of halogens is 1. The average Bonchev–Trinajstić information content (AvgIpc) is 3.16.